The Bertz CT molecular complexity index is 794. The number of hydrogen-bond donors (Lipinski definition) is 2. The number of rotatable bonds is 4. The monoisotopic (exact) mass is 315 g/mol. The minimum absolute atomic E-state index is 0.382. The number of benzene rings is 1. The number of hydroxylamine groups is 1. The Morgan fingerprint density at radius 2 is 2.05 bits per heavy atom. The molecule has 22 heavy (non-hydrogen) atoms. The molecule has 0 bridgehead atoms. The van der Waals surface area contributed by atoms with Crippen LogP contribution in [-0.4, -0.2) is 31.3 Å². The van der Waals surface area contributed by atoms with Crippen LogP contribution in [0.25, 0.3) is 10.7 Å². The molecule has 2 N–H and O–H groups in total. The molecule has 0 unspecified atom stereocenters. The van der Waals surface area contributed by atoms with Gasteiger partial charge in [0.05, 0.1) is 11.4 Å². The molecule has 0 saturated heterocycles. The fourth-order valence-electron chi connectivity index (χ4n) is 1.95. The summed E-state index contributed by atoms with van der Waals surface area (Å²) in [6.07, 6.45) is 0. The van der Waals surface area contributed by atoms with E-state index < -0.39 is 5.91 Å². The predicted molar refractivity (Wildman–Crippen MR) is 80.7 cm³/mol. The highest BCUT2D eigenvalue weighted by Gasteiger charge is 2.09. The van der Waals surface area contributed by atoms with E-state index in [9.17, 15) is 4.79 Å². The van der Waals surface area contributed by atoms with E-state index >= 15 is 0 Å². The Kier molecular flexibility index (Phi) is 3.94. The van der Waals surface area contributed by atoms with Crippen molar-refractivity contribution in [2.75, 3.05) is 0 Å². The van der Waals surface area contributed by atoms with Crippen molar-refractivity contribution >= 4 is 17.2 Å². The quantitative estimate of drug-likeness (QED) is 0.566. The number of amides is 1. The maximum Gasteiger partial charge on any atom is 0.274 e. The molecule has 2 heterocycles. The molecule has 8 heteroatoms. The number of aryl methyl sites for hydroxylation is 1. The normalized spacial score (nSPS) is 10.6. The van der Waals surface area contributed by atoms with Crippen molar-refractivity contribution in [3.05, 3.63) is 52.4 Å². The van der Waals surface area contributed by atoms with Gasteiger partial charge >= 0.3 is 0 Å². The molecule has 0 radical (unpaired) electrons. The largest absolute Gasteiger partial charge is 0.288 e. The topological polar surface area (TPSA) is 92.9 Å². The highest BCUT2D eigenvalue weighted by Crippen LogP contribution is 2.23. The second-order valence-electron chi connectivity index (χ2n) is 4.69. The SMILES string of the molecule is Cc1ccc(-c2nnn(Cc3ccc(C(=O)NO)cc3)n2)s1. The Morgan fingerprint density at radius 3 is 2.68 bits per heavy atom. The average Bonchev–Trinajstić information content (AvgIpc) is 3.16. The molecule has 0 atom stereocenters. The number of hydrogen-bond acceptors (Lipinski definition) is 6. The fourth-order valence-corrected chi connectivity index (χ4v) is 2.74. The number of tetrazole rings is 1. The number of nitrogens with zero attached hydrogens (tertiary/aromatic N) is 4. The first-order valence-corrected chi connectivity index (χ1v) is 7.35. The first-order valence-electron chi connectivity index (χ1n) is 6.54. The number of nitrogens with one attached hydrogen (secondary N) is 1. The van der Waals surface area contributed by atoms with Gasteiger partial charge in [-0.1, -0.05) is 12.1 Å². The van der Waals surface area contributed by atoms with Crippen molar-refractivity contribution in [1.29, 1.82) is 0 Å². The van der Waals surface area contributed by atoms with Gasteiger partial charge in [0, 0.05) is 10.4 Å². The van der Waals surface area contributed by atoms with Crippen molar-refractivity contribution in [3.8, 4) is 10.7 Å². The van der Waals surface area contributed by atoms with Crippen LogP contribution < -0.4 is 5.48 Å². The third-order valence-electron chi connectivity index (χ3n) is 3.06. The minimum Gasteiger partial charge on any atom is -0.288 e. The average molecular weight is 315 g/mol. The fraction of sp³-hybridized carbons (Fsp3) is 0.143. The summed E-state index contributed by atoms with van der Waals surface area (Å²) in [5, 5.41) is 21.0. The third-order valence-corrected chi connectivity index (χ3v) is 4.05. The van der Waals surface area contributed by atoms with Crippen LogP contribution >= 0.6 is 11.3 Å². The molecule has 1 aromatic carbocycles. The first kappa shape index (κ1) is 14.4. The maximum atomic E-state index is 11.2. The van der Waals surface area contributed by atoms with E-state index in [-0.39, 0.29) is 0 Å². The molecule has 0 aliphatic carbocycles. The molecule has 1 amide bonds. The first-order chi connectivity index (χ1) is 10.7. The third kappa shape index (κ3) is 3.02. The van der Waals surface area contributed by atoms with Gasteiger partial charge in [-0.05, 0) is 42.0 Å². The highest BCUT2D eigenvalue weighted by molar-refractivity contribution is 7.15. The molecule has 0 fully saturated rings. The van der Waals surface area contributed by atoms with Gasteiger partial charge < -0.3 is 0 Å². The van der Waals surface area contributed by atoms with Crippen molar-refractivity contribution in [2.24, 2.45) is 0 Å². The van der Waals surface area contributed by atoms with Gasteiger partial charge in [-0.15, -0.1) is 21.5 Å². The van der Waals surface area contributed by atoms with E-state index in [0.717, 1.165) is 10.4 Å². The Labute approximate surface area is 130 Å². The number of carbonyl (C=O) groups excluding carboxylic acids is 1. The summed E-state index contributed by atoms with van der Waals surface area (Å²) in [7, 11) is 0. The van der Waals surface area contributed by atoms with Crippen molar-refractivity contribution in [1.82, 2.24) is 25.7 Å². The van der Waals surface area contributed by atoms with Crippen LogP contribution in [0.3, 0.4) is 0 Å². The lowest BCUT2D eigenvalue weighted by atomic mass is 10.1. The van der Waals surface area contributed by atoms with Crippen LogP contribution in [0.4, 0.5) is 0 Å². The van der Waals surface area contributed by atoms with Gasteiger partial charge in [0.1, 0.15) is 0 Å². The van der Waals surface area contributed by atoms with Crippen LogP contribution in [0.5, 0.6) is 0 Å². The molecule has 112 valence electrons. The lowest BCUT2D eigenvalue weighted by molar-refractivity contribution is 0.0706. The lowest BCUT2D eigenvalue weighted by Crippen LogP contribution is -2.18. The van der Waals surface area contributed by atoms with Crippen molar-refractivity contribution in [2.45, 2.75) is 13.5 Å². The zero-order chi connectivity index (χ0) is 15.5. The molecule has 3 rings (SSSR count). The van der Waals surface area contributed by atoms with Gasteiger partial charge in [-0.25, -0.2) is 5.48 Å². The number of carbonyl (C=O) groups is 1. The zero-order valence-corrected chi connectivity index (χ0v) is 12.5. The molecule has 0 spiro atoms. The molecule has 3 aromatic rings. The summed E-state index contributed by atoms with van der Waals surface area (Å²) in [6.45, 7) is 2.49. The summed E-state index contributed by atoms with van der Waals surface area (Å²) in [5.41, 5.74) is 2.91. The molecule has 0 saturated carbocycles. The molecule has 0 aliphatic rings. The van der Waals surface area contributed by atoms with Crippen LogP contribution in [0, 0.1) is 6.92 Å². The molecule has 2 aromatic heterocycles. The van der Waals surface area contributed by atoms with Crippen LogP contribution in [-0.2, 0) is 6.54 Å². The summed E-state index contributed by atoms with van der Waals surface area (Å²) >= 11 is 1.62. The van der Waals surface area contributed by atoms with Crippen LogP contribution in [0.2, 0.25) is 0 Å². The smallest absolute Gasteiger partial charge is 0.274 e. The van der Waals surface area contributed by atoms with E-state index in [1.807, 2.05) is 19.1 Å². The summed E-state index contributed by atoms with van der Waals surface area (Å²) < 4.78 is 0. The van der Waals surface area contributed by atoms with Crippen LogP contribution in [0.15, 0.2) is 36.4 Å². The lowest BCUT2D eigenvalue weighted by Gasteiger charge is -2.02. The Morgan fingerprint density at radius 1 is 1.27 bits per heavy atom. The second-order valence-corrected chi connectivity index (χ2v) is 5.98. The van der Waals surface area contributed by atoms with E-state index in [4.69, 9.17) is 5.21 Å². The predicted octanol–water partition coefficient (Wildman–Crippen LogP) is 1.88. The van der Waals surface area contributed by atoms with E-state index in [2.05, 4.69) is 15.4 Å². The van der Waals surface area contributed by atoms with Gasteiger partial charge in [-0.2, -0.15) is 4.80 Å². The Hall–Kier alpha value is -2.58. The van der Waals surface area contributed by atoms with Crippen molar-refractivity contribution < 1.29 is 10.0 Å². The van der Waals surface area contributed by atoms with Gasteiger partial charge in [0.25, 0.3) is 5.91 Å². The van der Waals surface area contributed by atoms with Gasteiger partial charge in [0.15, 0.2) is 0 Å². The van der Waals surface area contributed by atoms with E-state index in [0.29, 0.717) is 17.9 Å². The van der Waals surface area contributed by atoms with E-state index in [1.54, 1.807) is 41.1 Å². The van der Waals surface area contributed by atoms with Crippen molar-refractivity contribution in [3.63, 3.8) is 0 Å². The van der Waals surface area contributed by atoms with E-state index in [1.165, 1.54) is 9.67 Å². The summed E-state index contributed by atoms with van der Waals surface area (Å²) in [6, 6.07) is 10.8. The Balaban J connectivity index is 1.73. The zero-order valence-electron chi connectivity index (χ0n) is 11.7. The summed E-state index contributed by atoms with van der Waals surface area (Å²) in [5.74, 6) is 0.0650. The van der Waals surface area contributed by atoms with Gasteiger partial charge in [-0.3, -0.25) is 10.0 Å². The van der Waals surface area contributed by atoms with Crippen LogP contribution in [0.1, 0.15) is 20.8 Å². The molecular formula is C14H13N5O2S. The van der Waals surface area contributed by atoms with Gasteiger partial charge in [0.2, 0.25) is 5.82 Å². The second kappa shape index (κ2) is 6.04. The molecule has 0 aliphatic heterocycles. The highest BCUT2D eigenvalue weighted by atomic mass is 32.1. The number of thiophene rings is 1. The molecular weight excluding hydrogens is 302 g/mol. The molecule has 7 nitrogen and oxygen atoms in total. The minimum atomic E-state index is -0.541. The summed E-state index contributed by atoms with van der Waals surface area (Å²) in [4.78, 5) is 14.9. The standard InChI is InChI=1S/C14H13N5O2S/c1-9-2-7-12(22-9)13-15-18-19(16-13)8-10-3-5-11(6-4-10)14(20)17-21/h2-7,21H,8H2,1H3,(H,17,20). The maximum absolute atomic E-state index is 11.2. The number of aromatic nitrogens is 4.